The van der Waals surface area contributed by atoms with Gasteiger partial charge in [0.05, 0.1) is 25.5 Å². The first-order valence-corrected chi connectivity index (χ1v) is 8.07. The molecule has 0 aliphatic carbocycles. The normalized spacial score (nSPS) is 10.2. The van der Waals surface area contributed by atoms with E-state index in [0.717, 1.165) is 16.8 Å². The lowest BCUT2D eigenvalue weighted by molar-refractivity contribution is 0.0947. The van der Waals surface area contributed by atoms with E-state index in [0.29, 0.717) is 23.6 Å². The Kier molecular flexibility index (Phi) is 5.43. The topological polar surface area (TPSA) is 73.3 Å². The van der Waals surface area contributed by atoms with Gasteiger partial charge in [-0.05, 0) is 42.0 Å². The molecule has 1 aromatic carbocycles. The summed E-state index contributed by atoms with van der Waals surface area (Å²) in [6.07, 6.45) is 5.19. The summed E-state index contributed by atoms with van der Waals surface area (Å²) in [4.78, 5) is 21.0. The number of hydrogen-bond acceptors (Lipinski definition) is 5. The van der Waals surface area contributed by atoms with E-state index in [-0.39, 0.29) is 5.91 Å². The van der Waals surface area contributed by atoms with Crippen LogP contribution in [0.4, 0.5) is 0 Å². The fourth-order valence-corrected chi connectivity index (χ4v) is 2.60. The minimum atomic E-state index is -0.236. The van der Waals surface area contributed by atoms with Gasteiger partial charge < -0.3 is 14.8 Å². The van der Waals surface area contributed by atoms with Crippen LogP contribution in [0.5, 0.6) is 11.5 Å². The number of hydrogen-bond donors (Lipinski definition) is 1. The second-order valence-corrected chi connectivity index (χ2v) is 5.51. The molecule has 0 saturated heterocycles. The first-order chi connectivity index (χ1) is 12.7. The smallest absolute Gasteiger partial charge is 0.255 e. The minimum Gasteiger partial charge on any atom is -0.493 e. The Hall–Kier alpha value is -3.41. The molecule has 132 valence electrons. The molecule has 2 heterocycles. The van der Waals surface area contributed by atoms with E-state index in [1.54, 1.807) is 36.8 Å². The molecule has 2 aromatic heterocycles. The molecule has 3 aromatic rings. The van der Waals surface area contributed by atoms with Crippen molar-refractivity contribution in [3.8, 4) is 22.8 Å². The molecule has 6 heteroatoms. The zero-order valence-electron chi connectivity index (χ0n) is 14.6. The molecule has 0 bridgehead atoms. The first kappa shape index (κ1) is 17.4. The molecule has 3 rings (SSSR count). The van der Waals surface area contributed by atoms with Crippen LogP contribution in [0.3, 0.4) is 0 Å². The van der Waals surface area contributed by atoms with Gasteiger partial charge in [0.25, 0.3) is 5.91 Å². The molecule has 0 fully saturated rings. The second kappa shape index (κ2) is 8.11. The molecular formula is C20H19N3O3. The highest BCUT2D eigenvalue weighted by molar-refractivity contribution is 5.97. The van der Waals surface area contributed by atoms with Crippen LogP contribution in [0.15, 0.2) is 61.1 Å². The maximum absolute atomic E-state index is 12.5. The van der Waals surface area contributed by atoms with Crippen molar-refractivity contribution >= 4 is 5.91 Å². The Morgan fingerprint density at radius 2 is 1.96 bits per heavy atom. The second-order valence-electron chi connectivity index (χ2n) is 5.51. The van der Waals surface area contributed by atoms with Gasteiger partial charge in [-0.2, -0.15) is 0 Å². The van der Waals surface area contributed by atoms with E-state index >= 15 is 0 Å². The van der Waals surface area contributed by atoms with Gasteiger partial charge >= 0.3 is 0 Å². The summed E-state index contributed by atoms with van der Waals surface area (Å²) in [6.45, 7) is 0.370. The van der Waals surface area contributed by atoms with Crippen molar-refractivity contribution in [1.29, 1.82) is 0 Å². The number of nitrogens with one attached hydrogen (secondary N) is 1. The summed E-state index contributed by atoms with van der Waals surface area (Å²) >= 11 is 0. The van der Waals surface area contributed by atoms with Crippen LogP contribution < -0.4 is 14.8 Å². The molecule has 0 spiro atoms. The van der Waals surface area contributed by atoms with Crippen LogP contribution in [0, 0.1) is 0 Å². The lowest BCUT2D eigenvalue weighted by atomic mass is 10.1. The molecular weight excluding hydrogens is 330 g/mol. The van der Waals surface area contributed by atoms with Gasteiger partial charge in [-0.15, -0.1) is 0 Å². The Morgan fingerprint density at radius 3 is 2.69 bits per heavy atom. The molecule has 0 radical (unpaired) electrons. The molecule has 0 atom stereocenters. The van der Waals surface area contributed by atoms with E-state index < -0.39 is 0 Å². The average Bonchev–Trinajstić information content (AvgIpc) is 2.72. The van der Waals surface area contributed by atoms with E-state index in [4.69, 9.17) is 9.47 Å². The zero-order valence-corrected chi connectivity index (χ0v) is 14.6. The van der Waals surface area contributed by atoms with Gasteiger partial charge in [0.1, 0.15) is 0 Å². The van der Waals surface area contributed by atoms with E-state index in [9.17, 15) is 4.79 Å². The van der Waals surface area contributed by atoms with Gasteiger partial charge in [-0.25, -0.2) is 0 Å². The number of amides is 1. The van der Waals surface area contributed by atoms with Gasteiger partial charge in [-0.3, -0.25) is 14.8 Å². The fourth-order valence-electron chi connectivity index (χ4n) is 2.60. The number of para-hydroxylation sites is 1. The summed E-state index contributed by atoms with van der Waals surface area (Å²) in [5, 5.41) is 2.90. The van der Waals surface area contributed by atoms with Crippen molar-refractivity contribution in [2.24, 2.45) is 0 Å². The molecule has 0 unspecified atom stereocenters. The molecule has 0 aliphatic rings. The highest BCUT2D eigenvalue weighted by Crippen LogP contribution is 2.30. The van der Waals surface area contributed by atoms with Gasteiger partial charge in [0, 0.05) is 30.7 Å². The Bertz CT molecular complexity index is 898. The summed E-state index contributed by atoms with van der Waals surface area (Å²) in [5.41, 5.74) is 3.10. The zero-order chi connectivity index (χ0) is 18.4. The number of methoxy groups -OCH3 is 2. The summed E-state index contributed by atoms with van der Waals surface area (Å²) in [6, 6.07) is 12.8. The van der Waals surface area contributed by atoms with Crippen LogP contribution in [-0.4, -0.2) is 30.1 Å². The van der Waals surface area contributed by atoms with Gasteiger partial charge in [0.2, 0.25) is 0 Å². The number of nitrogens with zero attached hydrogens (tertiary/aromatic N) is 2. The highest BCUT2D eigenvalue weighted by Gasteiger charge is 2.16. The quantitative estimate of drug-likeness (QED) is 0.740. The van der Waals surface area contributed by atoms with Crippen LogP contribution in [0.1, 0.15) is 15.9 Å². The van der Waals surface area contributed by atoms with Crippen molar-refractivity contribution in [2.75, 3.05) is 14.2 Å². The van der Waals surface area contributed by atoms with E-state index in [2.05, 4.69) is 15.3 Å². The van der Waals surface area contributed by atoms with Crippen molar-refractivity contribution in [2.45, 2.75) is 6.54 Å². The SMILES string of the molecule is COc1cccc(C(=O)NCc2ccnc(-c3cccnc3)c2)c1OC. The first-order valence-electron chi connectivity index (χ1n) is 8.07. The summed E-state index contributed by atoms with van der Waals surface area (Å²) < 4.78 is 10.6. The predicted octanol–water partition coefficient (Wildman–Crippen LogP) is 3.09. The van der Waals surface area contributed by atoms with Gasteiger partial charge in [-0.1, -0.05) is 6.07 Å². The third-order valence-corrected chi connectivity index (χ3v) is 3.88. The molecule has 0 aliphatic heterocycles. The largest absolute Gasteiger partial charge is 0.493 e. The molecule has 0 saturated carbocycles. The standard InChI is InChI=1S/C20H19N3O3/c1-25-18-7-3-6-16(19(18)26-2)20(24)23-12-14-8-10-22-17(11-14)15-5-4-9-21-13-15/h3-11,13H,12H2,1-2H3,(H,23,24). The van der Waals surface area contributed by atoms with Crippen LogP contribution in [-0.2, 0) is 6.54 Å². The third kappa shape index (κ3) is 3.80. The molecule has 1 N–H and O–H groups in total. The number of ether oxygens (including phenoxy) is 2. The summed E-state index contributed by atoms with van der Waals surface area (Å²) in [5.74, 6) is 0.696. The van der Waals surface area contributed by atoms with E-state index in [1.165, 1.54) is 14.2 Å². The predicted molar refractivity (Wildman–Crippen MR) is 98.2 cm³/mol. The van der Waals surface area contributed by atoms with Crippen molar-refractivity contribution < 1.29 is 14.3 Å². The maximum Gasteiger partial charge on any atom is 0.255 e. The average molecular weight is 349 g/mol. The number of benzene rings is 1. The lowest BCUT2D eigenvalue weighted by Gasteiger charge is -2.12. The van der Waals surface area contributed by atoms with Crippen molar-refractivity contribution in [3.63, 3.8) is 0 Å². The number of rotatable bonds is 6. The van der Waals surface area contributed by atoms with Crippen molar-refractivity contribution in [3.05, 3.63) is 72.2 Å². The Balaban J connectivity index is 1.75. The van der Waals surface area contributed by atoms with Crippen LogP contribution in [0.2, 0.25) is 0 Å². The fraction of sp³-hybridized carbons (Fsp3) is 0.150. The third-order valence-electron chi connectivity index (χ3n) is 3.88. The Morgan fingerprint density at radius 1 is 1.08 bits per heavy atom. The highest BCUT2D eigenvalue weighted by atomic mass is 16.5. The molecule has 26 heavy (non-hydrogen) atoms. The molecule has 1 amide bonds. The van der Waals surface area contributed by atoms with Crippen LogP contribution in [0.25, 0.3) is 11.3 Å². The van der Waals surface area contributed by atoms with E-state index in [1.807, 2.05) is 24.3 Å². The van der Waals surface area contributed by atoms with Gasteiger partial charge in [0.15, 0.2) is 11.5 Å². The minimum absolute atomic E-state index is 0.236. The maximum atomic E-state index is 12.5. The monoisotopic (exact) mass is 349 g/mol. The Labute approximate surface area is 151 Å². The summed E-state index contributed by atoms with van der Waals surface area (Å²) in [7, 11) is 3.05. The lowest BCUT2D eigenvalue weighted by Crippen LogP contribution is -2.23. The number of pyridine rings is 2. The number of aromatic nitrogens is 2. The van der Waals surface area contributed by atoms with Crippen molar-refractivity contribution in [1.82, 2.24) is 15.3 Å². The number of carbonyl (C=O) groups is 1. The molecule has 6 nitrogen and oxygen atoms in total. The van der Waals surface area contributed by atoms with Crippen LogP contribution >= 0.6 is 0 Å². The number of carbonyl (C=O) groups excluding carboxylic acids is 1.